The van der Waals surface area contributed by atoms with Crippen molar-refractivity contribution in [2.45, 2.75) is 18.9 Å². The van der Waals surface area contributed by atoms with E-state index in [9.17, 15) is 8.42 Å². The van der Waals surface area contributed by atoms with E-state index in [0.29, 0.717) is 24.3 Å². The normalized spacial score (nSPS) is 20.0. The minimum atomic E-state index is -2.77. The maximum Gasteiger partial charge on any atom is 0.150 e. The van der Waals surface area contributed by atoms with Crippen molar-refractivity contribution in [2.24, 2.45) is 0 Å². The van der Waals surface area contributed by atoms with E-state index in [4.69, 9.17) is 0 Å². The molecule has 1 saturated heterocycles. The van der Waals surface area contributed by atoms with Crippen LogP contribution in [0.2, 0.25) is 0 Å². The molecular formula is C13H15NO2S2. The fourth-order valence-electron chi connectivity index (χ4n) is 2.33. The van der Waals surface area contributed by atoms with Crippen LogP contribution in [-0.2, 0) is 9.84 Å². The van der Waals surface area contributed by atoms with E-state index in [2.05, 4.69) is 35.0 Å². The molecule has 1 N–H and O–H groups in total. The summed E-state index contributed by atoms with van der Waals surface area (Å²) in [5.74, 6) is 0.622. The quantitative estimate of drug-likeness (QED) is 0.920. The molecule has 0 bridgehead atoms. The number of rotatable bonds is 2. The smallest absolute Gasteiger partial charge is 0.150 e. The molecule has 1 aliphatic rings. The summed E-state index contributed by atoms with van der Waals surface area (Å²) >= 11 is 1.73. The molecule has 1 fully saturated rings. The van der Waals surface area contributed by atoms with Crippen LogP contribution in [0.25, 0.3) is 10.1 Å². The number of benzene rings is 1. The van der Waals surface area contributed by atoms with Gasteiger partial charge in [0.25, 0.3) is 0 Å². The van der Waals surface area contributed by atoms with Gasteiger partial charge in [0.15, 0.2) is 0 Å². The minimum Gasteiger partial charge on any atom is -0.382 e. The van der Waals surface area contributed by atoms with Gasteiger partial charge in [0.2, 0.25) is 0 Å². The third-order valence-electron chi connectivity index (χ3n) is 3.38. The van der Waals surface area contributed by atoms with Crippen LogP contribution in [0.15, 0.2) is 29.6 Å². The maximum absolute atomic E-state index is 11.4. The number of nitrogens with one attached hydrogen (secondary N) is 1. The van der Waals surface area contributed by atoms with Crippen LogP contribution in [0, 0.1) is 0 Å². The lowest BCUT2D eigenvalue weighted by molar-refractivity contribution is 0.559. The summed E-state index contributed by atoms with van der Waals surface area (Å²) in [6.07, 6.45) is 1.42. The number of anilines is 1. The Balaban J connectivity index is 1.72. The van der Waals surface area contributed by atoms with Crippen LogP contribution < -0.4 is 5.32 Å². The van der Waals surface area contributed by atoms with Gasteiger partial charge in [-0.1, -0.05) is 0 Å². The lowest BCUT2D eigenvalue weighted by Gasteiger charge is -2.24. The second kappa shape index (κ2) is 4.55. The molecule has 0 aliphatic carbocycles. The van der Waals surface area contributed by atoms with E-state index in [-0.39, 0.29) is 6.04 Å². The van der Waals surface area contributed by atoms with Crippen molar-refractivity contribution in [3.8, 4) is 0 Å². The lowest BCUT2D eigenvalue weighted by Crippen LogP contribution is -2.32. The van der Waals surface area contributed by atoms with Gasteiger partial charge in [0.05, 0.1) is 11.5 Å². The van der Waals surface area contributed by atoms with Crippen molar-refractivity contribution in [2.75, 3.05) is 16.8 Å². The Bertz CT molecular complexity index is 646. The molecular weight excluding hydrogens is 266 g/mol. The molecule has 3 rings (SSSR count). The van der Waals surface area contributed by atoms with Gasteiger partial charge in [0.1, 0.15) is 9.84 Å². The second-order valence-corrected chi connectivity index (χ2v) is 7.99. The molecule has 0 amide bonds. The third-order valence-corrected chi connectivity index (χ3v) is 5.99. The molecule has 96 valence electrons. The van der Waals surface area contributed by atoms with Gasteiger partial charge >= 0.3 is 0 Å². The number of sulfone groups is 1. The van der Waals surface area contributed by atoms with Crippen molar-refractivity contribution in [3.05, 3.63) is 29.6 Å². The van der Waals surface area contributed by atoms with Crippen LogP contribution in [0.3, 0.4) is 0 Å². The summed E-state index contributed by atoms with van der Waals surface area (Å²) in [6, 6.07) is 8.71. The zero-order chi connectivity index (χ0) is 12.6. The fourth-order valence-corrected chi connectivity index (χ4v) is 4.59. The van der Waals surface area contributed by atoms with Crippen LogP contribution in [0.4, 0.5) is 5.69 Å². The van der Waals surface area contributed by atoms with Gasteiger partial charge in [-0.25, -0.2) is 8.42 Å². The van der Waals surface area contributed by atoms with Gasteiger partial charge in [-0.15, -0.1) is 11.3 Å². The Hall–Kier alpha value is -1.07. The number of hydrogen-bond acceptors (Lipinski definition) is 4. The van der Waals surface area contributed by atoms with Gasteiger partial charge in [-0.05, 0) is 47.9 Å². The first kappa shape index (κ1) is 12.0. The molecule has 5 heteroatoms. The summed E-state index contributed by atoms with van der Waals surface area (Å²) in [6.45, 7) is 0. The SMILES string of the molecule is O=S1(=O)CCC(Nc2ccc3sccc3c2)CC1. The highest BCUT2D eigenvalue weighted by molar-refractivity contribution is 7.91. The summed E-state index contributed by atoms with van der Waals surface area (Å²) in [5.41, 5.74) is 1.09. The third kappa shape index (κ3) is 2.52. The molecule has 0 spiro atoms. The number of fused-ring (bicyclic) bond motifs is 1. The average Bonchev–Trinajstić information content (AvgIpc) is 2.79. The highest BCUT2D eigenvalue weighted by atomic mass is 32.2. The van der Waals surface area contributed by atoms with Gasteiger partial charge in [0, 0.05) is 16.4 Å². The molecule has 0 unspecified atom stereocenters. The molecule has 2 heterocycles. The highest BCUT2D eigenvalue weighted by Gasteiger charge is 2.23. The molecule has 1 aromatic heterocycles. The van der Waals surface area contributed by atoms with Crippen molar-refractivity contribution in [1.82, 2.24) is 0 Å². The first-order valence-electron chi connectivity index (χ1n) is 6.07. The van der Waals surface area contributed by atoms with Crippen LogP contribution >= 0.6 is 11.3 Å². The lowest BCUT2D eigenvalue weighted by atomic mass is 10.1. The Labute approximate surface area is 111 Å². The number of thiophene rings is 1. The van der Waals surface area contributed by atoms with Crippen LogP contribution in [0.1, 0.15) is 12.8 Å². The summed E-state index contributed by atoms with van der Waals surface area (Å²) in [4.78, 5) is 0. The molecule has 3 nitrogen and oxygen atoms in total. The Morgan fingerprint density at radius 3 is 2.72 bits per heavy atom. The van der Waals surface area contributed by atoms with Gasteiger partial charge in [-0.2, -0.15) is 0 Å². The average molecular weight is 281 g/mol. The van der Waals surface area contributed by atoms with Gasteiger partial charge in [-0.3, -0.25) is 0 Å². The molecule has 0 saturated carbocycles. The summed E-state index contributed by atoms with van der Waals surface area (Å²) in [7, 11) is -2.77. The monoisotopic (exact) mass is 281 g/mol. The van der Waals surface area contributed by atoms with Crippen molar-refractivity contribution < 1.29 is 8.42 Å². The van der Waals surface area contributed by atoms with E-state index in [1.165, 1.54) is 10.1 Å². The molecule has 18 heavy (non-hydrogen) atoms. The zero-order valence-electron chi connectivity index (χ0n) is 9.93. The topological polar surface area (TPSA) is 46.2 Å². The number of hydrogen-bond donors (Lipinski definition) is 1. The van der Waals surface area contributed by atoms with Crippen LogP contribution in [0.5, 0.6) is 0 Å². The van der Waals surface area contributed by atoms with E-state index in [0.717, 1.165) is 5.69 Å². The van der Waals surface area contributed by atoms with E-state index in [1.807, 2.05) is 0 Å². The Morgan fingerprint density at radius 1 is 1.17 bits per heavy atom. The largest absolute Gasteiger partial charge is 0.382 e. The molecule has 0 radical (unpaired) electrons. The summed E-state index contributed by atoms with van der Waals surface area (Å²) < 4.78 is 24.0. The molecule has 2 aromatic rings. The van der Waals surface area contributed by atoms with E-state index >= 15 is 0 Å². The van der Waals surface area contributed by atoms with Gasteiger partial charge < -0.3 is 5.32 Å². The Kier molecular flexibility index (Phi) is 3.03. The first-order valence-corrected chi connectivity index (χ1v) is 8.77. The summed E-state index contributed by atoms with van der Waals surface area (Å²) in [5, 5.41) is 6.77. The van der Waals surface area contributed by atoms with E-state index in [1.54, 1.807) is 11.3 Å². The molecule has 1 aromatic carbocycles. The highest BCUT2D eigenvalue weighted by Crippen LogP contribution is 2.25. The molecule has 0 atom stereocenters. The second-order valence-electron chi connectivity index (χ2n) is 4.74. The van der Waals surface area contributed by atoms with Crippen molar-refractivity contribution >= 4 is 36.9 Å². The van der Waals surface area contributed by atoms with Crippen LogP contribution in [-0.4, -0.2) is 26.0 Å². The van der Waals surface area contributed by atoms with E-state index < -0.39 is 9.84 Å². The molecule has 1 aliphatic heterocycles. The minimum absolute atomic E-state index is 0.282. The predicted molar refractivity (Wildman–Crippen MR) is 77.1 cm³/mol. The predicted octanol–water partition coefficient (Wildman–Crippen LogP) is 2.89. The van der Waals surface area contributed by atoms with Crippen molar-refractivity contribution in [3.63, 3.8) is 0 Å². The fraction of sp³-hybridized carbons (Fsp3) is 0.385. The maximum atomic E-state index is 11.4. The standard InChI is InChI=1S/C13H15NO2S2/c15-18(16)7-4-11(5-8-18)14-12-1-2-13-10(9-12)3-6-17-13/h1-3,6,9,11,14H,4-5,7-8H2. The van der Waals surface area contributed by atoms with Crippen molar-refractivity contribution in [1.29, 1.82) is 0 Å². The zero-order valence-corrected chi connectivity index (χ0v) is 11.6. The first-order chi connectivity index (χ1) is 8.62. The Morgan fingerprint density at radius 2 is 1.94 bits per heavy atom.